The average molecular weight is 358 g/mol. The van der Waals surface area contributed by atoms with E-state index in [0.29, 0.717) is 0 Å². The largest absolute Gasteiger partial charge is 0.328 e. The van der Waals surface area contributed by atoms with E-state index in [-0.39, 0.29) is 11.9 Å². The molecule has 1 aliphatic rings. The van der Waals surface area contributed by atoms with Crippen molar-refractivity contribution in [3.63, 3.8) is 0 Å². The van der Waals surface area contributed by atoms with E-state index in [4.69, 9.17) is 4.98 Å². The van der Waals surface area contributed by atoms with Gasteiger partial charge in [-0.3, -0.25) is 4.79 Å². The molecule has 1 amide bonds. The zero-order valence-corrected chi connectivity index (χ0v) is 15.4. The van der Waals surface area contributed by atoms with E-state index in [9.17, 15) is 4.79 Å². The molecule has 0 radical (unpaired) electrons. The van der Waals surface area contributed by atoms with E-state index in [1.807, 2.05) is 30.0 Å². The Bertz CT molecular complexity index is 866. The molecule has 1 aliphatic heterocycles. The smallest absolute Gasteiger partial charge is 0.266 e. The number of hydrogen-bond donors (Lipinski definition) is 0. The summed E-state index contributed by atoms with van der Waals surface area (Å²) >= 11 is 3.23. The lowest BCUT2D eigenvalue weighted by Gasteiger charge is -2.22. The Balaban J connectivity index is 1.68. The van der Waals surface area contributed by atoms with Gasteiger partial charge in [-0.15, -0.1) is 22.7 Å². The maximum absolute atomic E-state index is 13.1. The lowest BCUT2D eigenvalue weighted by Crippen LogP contribution is -2.30. The molecule has 1 fully saturated rings. The molecule has 24 heavy (non-hydrogen) atoms. The third kappa shape index (κ3) is 2.63. The summed E-state index contributed by atoms with van der Waals surface area (Å²) in [4.78, 5) is 25.2. The van der Waals surface area contributed by atoms with Crippen LogP contribution >= 0.6 is 22.7 Å². The van der Waals surface area contributed by atoms with E-state index >= 15 is 0 Å². The summed E-state index contributed by atoms with van der Waals surface area (Å²) in [6.45, 7) is 4.83. The van der Waals surface area contributed by atoms with Crippen molar-refractivity contribution in [3.05, 3.63) is 44.9 Å². The zero-order chi connectivity index (χ0) is 16.7. The maximum Gasteiger partial charge on any atom is 0.266 e. The van der Waals surface area contributed by atoms with E-state index in [1.165, 1.54) is 16.0 Å². The number of nitrogens with zero attached hydrogens (tertiary/aromatic N) is 3. The van der Waals surface area contributed by atoms with Crippen LogP contribution in [0.2, 0.25) is 0 Å². The highest BCUT2D eigenvalue weighted by molar-refractivity contribution is 7.18. The monoisotopic (exact) mass is 357 g/mol. The second kappa shape index (κ2) is 6.26. The maximum atomic E-state index is 13.1. The van der Waals surface area contributed by atoms with Crippen molar-refractivity contribution in [2.24, 2.45) is 0 Å². The molecule has 3 aromatic rings. The molecule has 4 rings (SSSR count). The third-order valence-electron chi connectivity index (χ3n) is 4.44. The predicted octanol–water partition coefficient (Wildman–Crippen LogP) is 4.60. The van der Waals surface area contributed by atoms with E-state index in [1.54, 1.807) is 11.3 Å². The van der Waals surface area contributed by atoms with E-state index < -0.39 is 0 Å². The fraction of sp³-hybridized carbons (Fsp3) is 0.389. The van der Waals surface area contributed by atoms with Crippen LogP contribution in [0.4, 0.5) is 0 Å². The van der Waals surface area contributed by atoms with Gasteiger partial charge in [0.2, 0.25) is 0 Å². The Morgan fingerprint density at radius 2 is 2.12 bits per heavy atom. The van der Waals surface area contributed by atoms with Gasteiger partial charge in [0, 0.05) is 6.54 Å². The molecule has 0 saturated carbocycles. The standard InChI is InChI=1S/C18H19N3OS2/c1-3-12-16(23-11(2)19-12)18(22)21-10-6-8-14(21)17-20-13-7-4-5-9-15(13)24-17/h4-5,7,9,14H,3,6,8,10H2,1-2H3/t14-/m1/s1. The molecule has 1 aromatic carbocycles. The number of benzene rings is 1. The molecular formula is C18H19N3OS2. The second-order valence-corrected chi connectivity index (χ2v) is 8.30. The molecule has 0 spiro atoms. The molecule has 2 aromatic heterocycles. The van der Waals surface area contributed by atoms with Gasteiger partial charge in [0.25, 0.3) is 5.91 Å². The van der Waals surface area contributed by atoms with Crippen molar-refractivity contribution in [2.75, 3.05) is 6.54 Å². The highest BCUT2D eigenvalue weighted by Gasteiger charge is 2.34. The molecule has 4 nitrogen and oxygen atoms in total. The van der Waals surface area contributed by atoms with Crippen molar-refractivity contribution in [3.8, 4) is 0 Å². The van der Waals surface area contributed by atoms with E-state index in [2.05, 4.69) is 18.0 Å². The SMILES string of the molecule is CCc1nc(C)sc1C(=O)N1CCC[C@@H]1c1nc2ccccc2s1. The van der Waals surface area contributed by atoms with Gasteiger partial charge in [0.05, 0.1) is 27.0 Å². The van der Waals surface area contributed by atoms with Gasteiger partial charge >= 0.3 is 0 Å². The van der Waals surface area contributed by atoms with Gasteiger partial charge in [-0.25, -0.2) is 9.97 Å². The van der Waals surface area contributed by atoms with Crippen LogP contribution in [0.1, 0.15) is 51.2 Å². The molecule has 0 aliphatic carbocycles. The first-order chi connectivity index (χ1) is 11.7. The summed E-state index contributed by atoms with van der Waals surface area (Å²) in [5, 5.41) is 2.02. The lowest BCUT2D eigenvalue weighted by molar-refractivity contribution is 0.0739. The second-order valence-electron chi connectivity index (χ2n) is 6.04. The number of hydrogen-bond acceptors (Lipinski definition) is 5. The molecule has 1 atom stereocenters. The number of likely N-dealkylation sites (tertiary alicyclic amines) is 1. The van der Waals surface area contributed by atoms with Gasteiger partial charge in [-0.1, -0.05) is 19.1 Å². The molecule has 124 valence electrons. The fourth-order valence-corrected chi connectivity index (χ4v) is 5.39. The number of amides is 1. The van der Waals surface area contributed by atoms with Crippen LogP contribution in [-0.4, -0.2) is 27.3 Å². The van der Waals surface area contributed by atoms with Crippen LogP contribution in [0.15, 0.2) is 24.3 Å². The summed E-state index contributed by atoms with van der Waals surface area (Å²) in [5.74, 6) is 0.124. The fourth-order valence-electron chi connectivity index (χ4n) is 3.31. The van der Waals surface area contributed by atoms with Crippen LogP contribution in [-0.2, 0) is 6.42 Å². The predicted molar refractivity (Wildman–Crippen MR) is 98.9 cm³/mol. The van der Waals surface area contributed by atoms with Crippen LogP contribution in [0.5, 0.6) is 0 Å². The summed E-state index contributed by atoms with van der Waals surface area (Å²) in [5.41, 5.74) is 1.96. The number of para-hydroxylation sites is 1. The minimum atomic E-state index is 0.0991. The average Bonchev–Trinajstić information content (AvgIpc) is 3.30. The number of carbonyl (C=O) groups is 1. The first-order valence-corrected chi connectivity index (χ1v) is 9.93. The van der Waals surface area contributed by atoms with Gasteiger partial charge < -0.3 is 4.90 Å². The minimum absolute atomic E-state index is 0.0991. The Kier molecular flexibility index (Phi) is 4.10. The first-order valence-electron chi connectivity index (χ1n) is 8.30. The summed E-state index contributed by atoms with van der Waals surface area (Å²) in [6.07, 6.45) is 2.82. The Morgan fingerprint density at radius 3 is 2.92 bits per heavy atom. The minimum Gasteiger partial charge on any atom is -0.328 e. The molecule has 3 heterocycles. The number of carbonyl (C=O) groups excluding carboxylic acids is 1. The van der Waals surface area contributed by atoms with Gasteiger partial charge in [0.1, 0.15) is 9.88 Å². The van der Waals surface area contributed by atoms with E-state index in [0.717, 1.165) is 51.9 Å². The lowest BCUT2D eigenvalue weighted by atomic mass is 10.2. The van der Waals surface area contributed by atoms with Crippen molar-refractivity contribution in [1.82, 2.24) is 14.9 Å². The number of rotatable bonds is 3. The van der Waals surface area contributed by atoms with Gasteiger partial charge in [-0.05, 0) is 38.3 Å². The molecular weight excluding hydrogens is 338 g/mol. The Labute approximate surface area is 149 Å². The van der Waals surface area contributed by atoms with Crippen LogP contribution in [0.25, 0.3) is 10.2 Å². The number of fused-ring (bicyclic) bond motifs is 1. The van der Waals surface area contributed by atoms with Crippen molar-refractivity contribution in [1.29, 1.82) is 0 Å². The normalized spacial score (nSPS) is 17.8. The summed E-state index contributed by atoms with van der Waals surface area (Å²) in [6, 6.07) is 8.28. The van der Waals surface area contributed by atoms with Crippen LogP contribution in [0.3, 0.4) is 0 Å². The number of aryl methyl sites for hydroxylation is 2. The van der Waals surface area contributed by atoms with Gasteiger partial charge in [-0.2, -0.15) is 0 Å². The third-order valence-corrected chi connectivity index (χ3v) is 6.58. The van der Waals surface area contributed by atoms with Gasteiger partial charge in [0.15, 0.2) is 0 Å². The molecule has 6 heteroatoms. The van der Waals surface area contributed by atoms with Crippen molar-refractivity contribution in [2.45, 2.75) is 39.2 Å². The molecule has 0 bridgehead atoms. The van der Waals surface area contributed by atoms with Crippen molar-refractivity contribution < 1.29 is 4.79 Å². The quantitative estimate of drug-likeness (QED) is 0.688. The Morgan fingerprint density at radius 1 is 1.29 bits per heavy atom. The number of aromatic nitrogens is 2. The molecule has 0 N–H and O–H groups in total. The molecule has 0 unspecified atom stereocenters. The molecule has 1 saturated heterocycles. The zero-order valence-electron chi connectivity index (χ0n) is 13.8. The highest BCUT2D eigenvalue weighted by Crippen LogP contribution is 2.38. The van der Waals surface area contributed by atoms with Crippen LogP contribution < -0.4 is 0 Å². The highest BCUT2D eigenvalue weighted by atomic mass is 32.1. The van der Waals surface area contributed by atoms with Crippen molar-refractivity contribution >= 4 is 38.8 Å². The summed E-state index contributed by atoms with van der Waals surface area (Å²) in [7, 11) is 0. The Hall–Kier alpha value is -1.79. The first kappa shape index (κ1) is 15.7. The number of thiazole rings is 2. The topological polar surface area (TPSA) is 46.1 Å². The van der Waals surface area contributed by atoms with Crippen LogP contribution in [0, 0.1) is 6.92 Å². The summed E-state index contributed by atoms with van der Waals surface area (Å²) < 4.78 is 1.19.